The molecule has 140 valence electrons. The summed E-state index contributed by atoms with van der Waals surface area (Å²) in [6.07, 6.45) is 3.68. The predicted molar refractivity (Wildman–Crippen MR) is 98.7 cm³/mol. The number of halogens is 1. The van der Waals surface area contributed by atoms with Crippen molar-refractivity contribution in [3.8, 4) is 0 Å². The van der Waals surface area contributed by atoms with Crippen molar-refractivity contribution in [3.63, 3.8) is 0 Å². The number of rotatable bonds is 5. The van der Waals surface area contributed by atoms with Crippen molar-refractivity contribution in [1.82, 2.24) is 0 Å². The van der Waals surface area contributed by atoms with Gasteiger partial charge in [-0.05, 0) is 37.3 Å². The van der Waals surface area contributed by atoms with Gasteiger partial charge in [-0.15, -0.1) is 0 Å². The predicted octanol–water partition coefficient (Wildman–Crippen LogP) is 1.29. The molecule has 1 aromatic carbocycles. The van der Waals surface area contributed by atoms with Crippen LogP contribution in [0.5, 0.6) is 0 Å². The Kier molecular flexibility index (Phi) is 7.88. The van der Waals surface area contributed by atoms with Gasteiger partial charge >= 0.3 is 5.97 Å². The second-order valence-electron chi connectivity index (χ2n) is 8.18. The standard InChI is InChI=1S/C21H32NO2.BrH/c1-15-11-16(2)20(17(3)12-15)14-22(4,5)13-18-7-9-19(10-8-18)21(23)24-6;/h7-11,16-17,20H,12-14H2,1-6H3;1H/q+1;/p-1. The van der Waals surface area contributed by atoms with Crippen LogP contribution in [-0.4, -0.2) is 38.2 Å². The molecule has 0 fully saturated rings. The molecule has 0 saturated carbocycles. The smallest absolute Gasteiger partial charge is 0.337 e. The van der Waals surface area contributed by atoms with E-state index in [4.69, 9.17) is 4.74 Å². The molecule has 0 N–H and O–H groups in total. The lowest BCUT2D eigenvalue weighted by Gasteiger charge is -2.40. The molecule has 0 amide bonds. The first-order valence-electron chi connectivity index (χ1n) is 8.88. The van der Waals surface area contributed by atoms with E-state index in [2.05, 4.69) is 40.9 Å². The van der Waals surface area contributed by atoms with Crippen LogP contribution in [0.4, 0.5) is 0 Å². The normalized spacial score (nSPS) is 23.4. The van der Waals surface area contributed by atoms with Crippen LogP contribution in [0.3, 0.4) is 0 Å². The summed E-state index contributed by atoms with van der Waals surface area (Å²) in [5, 5.41) is 0. The van der Waals surface area contributed by atoms with Crippen molar-refractivity contribution in [2.75, 3.05) is 27.7 Å². The van der Waals surface area contributed by atoms with Crippen molar-refractivity contribution in [1.29, 1.82) is 0 Å². The molecule has 0 saturated heterocycles. The number of carbonyl (C=O) groups is 1. The number of hydrogen-bond acceptors (Lipinski definition) is 2. The Morgan fingerprint density at radius 3 is 2.32 bits per heavy atom. The van der Waals surface area contributed by atoms with E-state index in [9.17, 15) is 4.79 Å². The summed E-state index contributed by atoms with van der Waals surface area (Å²) >= 11 is 0. The maximum Gasteiger partial charge on any atom is 0.337 e. The third kappa shape index (κ3) is 5.96. The van der Waals surface area contributed by atoms with Crippen LogP contribution >= 0.6 is 0 Å². The number of quaternary nitrogens is 1. The van der Waals surface area contributed by atoms with Gasteiger partial charge in [-0.3, -0.25) is 0 Å². The summed E-state index contributed by atoms with van der Waals surface area (Å²) in [5.41, 5.74) is 3.41. The summed E-state index contributed by atoms with van der Waals surface area (Å²) in [5.74, 6) is 1.83. The zero-order valence-corrected chi connectivity index (χ0v) is 18.0. The molecular weight excluding hydrogens is 378 g/mol. The van der Waals surface area contributed by atoms with Crippen LogP contribution in [-0.2, 0) is 11.3 Å². The van der Waals surface area contributed by atoms with Gasteiger partial charge < -0.3 is 26.2 Å². The molecule has 1 aliphatic carbocycles. The minimum atomic E-state index is -0.276. The Hall–Kier alpha value is -1.13. The number of methoxy groups -OCH3 is 1. The van der Waals surface area contributed by atoms with E-state index < -0.39 is 0 Å². The van der Waals surface area contributed by atoms with E-state index in [0.717, 1.165) is 22.9 Å². The number of benzene rings is 1. The summed E-state index contributed by atoms with van der Waals surface area (Å²) < 4.78 is 5.72. The SMILES string of the molecule is COC(=O)c1ccc(C[N+](C)(C)CC2C(C)C=C(C)CC2C)cc1.[Br-]. The zero-order chi connectivity index (χ0) is 17.9. The molecule has 0 heterocycles. The topological polar surface area (TPSA) is 26.3 Å². The number of allylic oxidation sites excluding steroid dienone is 2. The molecule has 3 unspecified atom stereocenters. The second kappa shape index (κ2) is 9.00. The van der Waals surface area contributed by atoms with E-state index in [1.165, 1.54) is 31.2 Å². The van der Waals surface area contributed by atoms with E-state index >= 15 is 0 Å². The summed E-state index contributed by atoms with van der Waals surface area (Å²) in [6, 6.07) is 7.81. The van der Waals surface area contributed by atoms with Gasteiger partial charge in [-0.25, -0.2) is 4.79 Å². The molecule has 1 aliphatic rings. The van der Waals surface area contributed by atoms with Crippen LogP contribution in [0.25, 0.3) is 0 Å². The van der Waals surface area contributed by atoms with E-state index in [-0.39, 0.29) is 23.0 Å². The van der Waals surface area contributed by atoms with Crippen molar-refractivity contribution >= 4 is 5.97 Å². The second-order valence-corrected chi connectivity index (χ2v) is 8.18. The first kappa shape index (κ1) is 21.9. The molecule has 0 spiro atoms. The quantitative estimate of drug-likeness (QED) is 0.416. The van der Waals surface area contributed by atoms with Gasteiger partial charge in [0.05, 0.1) is 33.3 Å². The highest BCUT2D eigenvalue weighted by atomic mass is 79.9. The lowest BCUT2D eigenvalue weighted by Crippen LogP contribution is -3.00. The molecule has 2 rings (SSSR count). The molecule has 25 heavy (non-hydrogen) atoms. The minimum absolute atomic E-state index is 0. The summed E-state index contributed by atoms with van der Waals surface area (Å²) in [7, 11) is 6.02. The van der Waals surface area contributed by atoms with Gasteiger partial charge in [0.15, 0.2) is 0 Å². The molecule has 3 atom stereocenters. The number of nitrogens with zero attached hydrogens (tertiary/aromatic N) is 1. The number of ether oxygens (including phenoxy) is 1. The largest absolute Gasteiger partial charge is 1.00 e. The maximum absolute atomic E-state index is 11.5. The molecule has 3 nitrogen and oxygen atoms in total. The number of esters is 1. The lowest BCUT2D eigenvalue weighted by atomic mass is 9.74. The lowest BCUT2D eigenvalue weighted by molar-refractivity contribution is -0.907. The molecule has 0 aliphatic heterocycles. The van der Waals surface area contributed by atoms with Crippen LogP contribution in [0.15, 0.2) is 35.9 Å². The average molecular weight is 410 g/mol. The Bertz CT molecular complexity index is 607. The van der Waals surface area contributed by atoms with Crippen molar-refractivity contribution in [3.05, 3.63) is 47.0 Å². The highest BCUT2D eigenvalue weighted by molar-refractivity contribution is 5.89. The molecule has 1 aromatic rings. The summed E-state index contributed by atoms with van der Waals surface area (Å²) in [4.78, 5) is 11.5. The van der Waals surface area contributed by atoms with Crippen LogP contribution in [0.1, 0.15) is 43.1 Å². The Balaban J connectivity index is 0.00000312. The highest BCUT2D eigenvalue weighted by Gasteiger charge is 2.32. The Morgan fingerprint density at radius 2 is 1.80 bits per heavy atom. The number of carbonyl (C=O) groups excluding carboxylic acids is 1. The first-order valence-corrected chi connectivity index (χ1v) is 8.88. The molecule has 4 heteroatoms. The maximum atomic E-state index is 11.5. The van der Waals surface area contributed by atoms with E-state index in [0.29, 0.717) is 11.5 Å². The van der Waals surface area contributed by atoms with Crippen molar-refractivity contribution in [2.24, 2.45) is 17.8 Å². The van der Waals surface area contributed by atoms with Gasteiger partial charge in [-0.1, -0.05) is 37.6 Å². The van der Waals surface area contributed by atoms with Gasteiger partial charge in [0.1, 0.15) is 6.54 Å². The zero-order valence-electron chi connectivity index (χ0n) is 16.4. The van der Waals surface area contributed by atoms with Gasteiger partial charge in [0, 0.05) is 11.5 Å². The van der Waals surface area contributed by atoms with Crippen molar-refractivity contribution in [2.45, 2.75) is 33.7 Å². The average Bonchev–Trinajstić information content (AvgIpc) is 2.50. The fraction of sp³-hybridized carbons (Fsp3) is 0.571. The Morgan fingerprint density at radius 1 is 1.20 bits per heavy atom. The third-order valence-electron chi connectivity index (χ3n) is 5.29. The van der Waals surface area contributed by atoms with Gasteiger partial charge in [-0.2, -0.15) is 0 Å². The van der Waals surface area contributed by atoms with Crippen LogP contribution in [0, 0.1) is 17.8 Å². The van der Waals surface area contributed by atoms with Gasteiger partial charge in [0.2, 0.25) is 0 Å². The van der Waals surface area contributed by atoms with Crippen molar-refractivity contribution < 1.29 is 31.0 Å². The van der Waals surface area contributed by atoms with E-state index in [1.807, 2.05) is 24.3 Å². The van der Waals surface area contributed by atoms with Crippen LogP contribution in [0.2, 0.25) is 0 Å². The third-order valence-corrected chi connectivity index (χ3v) is 5.29. The fourth-order valence-corrected chi connectivity index (χ4v) is 4.16. The minimum Gasteiger partial charge on any atom is -1.00 e. The Labute approximate surface area is 163 Å². The molecule has 0 radical (unpaired) electrons. The molecule has 0 aromatic heterocycles. The molecular formula is C21H32BrNO2. The van der Waals surface area contributed by atoms with E-state index in [1.54, 1.807) is 0 Å². The van der Waals surface area contributed by atoms with Crippen LogP contribution < -0.4 is 17.0 Å². The monoisotopic (exact) mass is 409 g/mol. The number of hydrogen-bond donors (Lipinski definition) is 0. The molecule has 0 bridgehead atoms. The van der Waals surface area contributed by atoms with Gasteiger partial charge in [0.25, 0.3) is 0 Å². The first-order chi connectivity index (χ1) is 11.2. The summed E-state index contributed by atoms with van der Waals surface area (Å²) in [6.45, 7) is 9.15. The highest BCUT2D eigenvalue weighted by Crippen LogP contribution is 2.35. The fourth-order valence-electron chi connectivity index (χ4n) is 4.16.